The van der Waals surface area contributed by atoms with Crippen molar-refractivity contribution in [3.8, 4) is 0 Å². The molecule has 0 fully saturated rings. The van der Waals surface area contributed by atoms with Gasteiger partial charge in [-0.15, -0.1) is 0 Å². The van der Waals surface area contributed by atoms with Crippen molar-refractivity contribution in [2.75, 3.05) is 19.5 Å². The van der Waals surface area contributed by atoms with Crippen LogP contribution in [0, 0.1) is 0 Å². The Morgan fingerprint density at radius 2 is 1.89 bits per heavy atom. The smallest absolute Gasteiger partial charge is 0.264 e. The summed E-state index contributed by atoms with van der Waals surface area (Å²) in [6.45, 7) is 2.05. The fourth-order valence-electron chi connectivity index (χ4n) is 1.36. The summed E-state index contributed by atoms with van der Waals surface area (Å²) in [5, 5.41) is 9.91. The van der Waals surface area contributed by atoms with Gasteiger partial charge in [-0.3, -0.25) is 4.18 Å². The van der Waals surface area contributed by atoms with Gasteiger partial charge in [-0.2, -0.15) is 8.42 Å². The maximum absolute atomic E-state index is 10.8. The summed E-state index contributed by atoms with van der Waals surface area (Å²) in [6, 6.07) is 9.68. The highest BCUT2D eigenvalue weighted by Gasteiger charge is 2.22. The molecule has 1 unspecified atom stereocenters. The lowest BCUT2D eigenvalue weighted by Crippen LogP contribution is -2.33. The van der Waals surface area contributed by atoms with E-state index in [-0.39, 0.29) is 6.61 Å². The highest BCUT2D eigenvalue weighted by molar-refractivity contribution is 7.85. The van der Waals surface area contributed by atoms with Gasteiger partial charge in [0.05, 0.1) is 25.1 Å². The molecule has 1 aromatic carbocycles. The average molecular weight is 288 g/mol. The Balaban J connectivity index is 2.24. The van der Waals surface area contributed by atoms with Gasteiger partial charge in [-0.25, -0.2) is 0 Å². The quantitative estimate of drug-likeness (QED) is 0.577. The molecule has 6 heteroatoms. The molecule has 0 aromatic heterocycles. The summed E-state index contributed by atoms with van der Waals surface area (Å²) < 4.78 is 31.7. The Morgan fingerprint density at radius 1 is 1.26 bits per heavy atom. The lowest BCUT2D eigenvalue weighted by Gasteiger charge is -2.22. The lowest BCUT2D eigenvalue weighted by atomic mass is 10.1. The SMILES string of the molecule is CC(O)(CCOCc1ccccc1)COS(C)(=O)=O. The first-order valence-corrected chi connectivity index (χ1v) is 7.79. The number of hydrogen-bond acceptors (Lipinski definition) is 5. The Kier molecular flexibility index (Phi) is 5.93. The van der Waals surface area contributed by atoms with Crippen molar-refractivity contribution in [3.05, 3.63) is 35.9 Å². The van der Waals surface area contributed by atoms with Gasteiger partial charge in [0.2, 0.25) is 0 Å². The van der Waals surface area contributed by atoms with E-state index in [4.69, 9.17) is 4.74 Å². The predicted molar refractivity (Wildman–Crippen MR) is 72.1 cm³/mol. The van der Waals surface area contributed by atoms with Gasteiger partial charge < -0.3 is 9.84 Å². The van der Waals surface area contributed by atoms with Gasteiger partial charge in [0, 0.05) is 13.0 Å². The first-order chi connectivity index (χ1) is 8.79. The minimum atomic E-state index is -3.53. The Labute approximate surface area is 114 Å². The molecule has 108 valence electrons. The third kappa shape index (κ3) is 7.94. The number of rotatable bonds is 8. The van der Waals surface area contributed by atoms with E-state index in [1.807, 2.05) is 30.3 Å². The molecule has 0 bridgehead atoms. The molecule has 0 saturated heterocycles. The van der Waals surface area contributed by atoms with Crippen molar-refractivity contribution in [2.24, 2.45) is 0 Å². The zero-order valence-corrected chi connectivity index (χ0v) is 12.0. The van der Waals surface area contributed by atoms with Crippen LogP contribution in [0.3, 0.4) is 0 Å². The molecule has 5 nitrogen and oxygen atoms in total. The summed E-state index contributed by atoms with van der Waals surface area (Å²) >= 11 is 0. The van der Waals surface area contributed by atoms with E-state index in [1.54, 1.807) is 0 Å². The molecule has 1 aromatic rings. The summed E-state index contributed by atoms with van der Waals surface area (Å²) in [6.07, 6.45) is 1.25. The molecule has 0 spiro atoms. The van der Waals surface area contributed by atoms with Crippen molar-refractivity contribution < 1.29 is 22.4 Å². The maximum atomic E-state index is 10.8. The Hall–Kier alpha value is -0.950. The minimum Gasteiger partial charge on any atom is -0.388 e. The van der Waals surface area contributed by atoms with Crippen molar-refractivity contribution in [2.45, 2.75) is 25.6 Å². The van der Waals surface area contributed by atoms with Crippen molar-refractivity contribution in [1.82, 2.24) is 0 Å². The fraction of sp³-hybridized carbons (Fsp3) is 0.538. The van der Waals surface area contributed by atoms with Crippen LogP contribution in [0.4, 0.5) is 0 Å². The van der Waals surface area contributed by atoms with Crippen LogP contribution in [0.15, 0.2) is 30.3 Å². The fourth-order valence-corrected chi connectivity index (χ4v) is 1.83. The molecule has 0 amide bonds. The third-order valence-electron chi connectivity index (χ3n) is 2.48. The summed E-state index contributed by atoms with van der Waals surface area (Å²) in [4.78, 5) is 0. The molecule has 19 heavy (non-hydrogen) atoms. The predicted octanol–water partition coefficient (Wildman–Crippen LogP) is 1.32. The van der Waals surface area contributed by atoms with E-state index >= 15 is 0 Å². The zero-order chi connectivity index (χ0) is 14.4. The van der Waals surface area contributed by atoms with Crippen molar-refractivity contribution >= 4 is 10.1 Å². The number of hydrogen-bond donors (Lipinski definition) is 1. The molecule has 0 saturated carbocycles. The topological polar surface area (TPSA) is 72.8 Å². The van der Waals surface area contributed by atoms with Gasteiger partial charge in [-0.05, 0) is 12.5 Å². The summed E-state index contributed by atoms with van der Waals surface area (Å²) in [7, 11) is -3.53. The van der Waals surface area contributed by atoms with Crippen LogP contribution in [0.2, 0.25) is 0 Å². The maximum Gasteiger partial charge on any atom is 0.264 e. The monoisotopic (exact) mass is 288 g/mol. The Bertz CT molecular complexity index is 467. The summed E-state index contributed by atoms with van der Waals surface area (Å²) in [5.74, 6) is 0. The molecular weight excluding hydrogens is 268 g/mol. The lowest BCUT2D eigenvalue weighted by molar-refractivity contribution is -0.0198. The van der Waals surface area contributed by atoms with Crippen LogP contribution >= 0.6 is 0 Å². The van der Waals surface area contributed by atoms with Crippen molar-refractivity contribution in [1.29, 1.82) is 0 Å². The van der Waals surface area contributed by atoms with Gasteiger partial charge in [-0.1, -0.05) is 30.3 Å². The largest absolute Gasteiger partial charge is 0.388 e. The standard InChI is InChI=1S/C13H20O5S/c1-13(14,11-18-19(2,15)16)8-9-17-10-12-6-4-3-5-7-12/h3-7,14H,8-11H2,1-2H3. The number of benzene rings is 1. The molecule has 0 aliphatic carbocycles. The first kappa shape index (κ1) is 16.1. The van der Waals surface area contributed by atoms with Crippen LogP contribution in [-0.4, -0.2) is 38.6 Å². The summed E-state index contributed by atoms with van der Waals surface area (Å²) in [5.41, 5.74) is -0.172. The van der Waals surface area contributed by atoms with E-state index in [0.29, 0.717) is 19.6 Å². The third-order valence-corrected chi connectivity index (χ3v) is 3.03. The molecule has 0 aliphatic heterocycles. The number of aliphatic hydroxyl groups is 1. The van der Waals surface area contributed by atoms with Gasteiger partial charge in [0.15, 0.2) is 0 Å². The molecule has 1 rings (SSSR count). The second kappa shape index (κ2) is 7.00. The van der Waals surface area contributed by atoms with E-state index in [1.165, 1.54) is 6.92 Å². The molecular formula is C13H20O5S. The van der Waals surface area contributed by atoms with Crippen LogP contribution in [0.1, 0.15) is 18.9 Å². The molecule has 1 atom stereocenters. The minimum absolute atomic E-state index is 0.263. The Morgan fingerprint density at radius 3 is 2.47 bits per heavy atom. The van der Waals surface area contributed by atoms with Crippen molar-refractivity contribution in [3.63, 3.8) is 0 Å². The van der Waals surface area contributed by atoms with E-state index in [0.717, 1.165) is 11.8 Å². The molecule has 0 aliphatic rings. The van der Waals surface area contributed by atoms with Gasteiger partial charge >= 0.3 is 0 Å². The van der Waals surface area contributed by atoms with Crippen LogP contribution in [-0.2, 0) is 25.6 Å². The van der Waals surface area contributed by atoms with E-state index in [2.05, 4.69) is 4.18 Å². The van der Waals surface area contributed by atoms with Gasteiger partial charge in [0.1, 0.15) is 0 Å². The second-order valence-electron chi connectivity index (χ2n) is 4.75. The van der Waals surface area contributed by atoms with E-state index < -0.39 is 15.7 Å². The highest BCUT2D eigenvalue weighted by Crippen LogP contribution is 2.12. The molecule has 1 N–H and O–H groups in total. The zero-order valence-electron chi connectivity index (χ0n) is 11.2. The van der Waals surface area contributed by atoms with Crippen LogP contribution in [0.25, 0.3) is 0 Å². The van der Waals surface area contributed by atoms with Gasteiger partial charge in [0.25, 0.3) is 10.1 Å². The second-order valence-corrected chi connectivity index (χ2v) is 6.40. The highest BCUT2D eigenvalue weighted by atomic mass is 32.2. The van der Waals surface area contributed by atoms with E-state index in [9.17, 15) is 13.5 Å². The van der Waals surface area contributed by atoms with Crippen LogP contribution < -0.4 is 0 Å². The molecule has 0 radical (unpaired) electrons. The van der Waals surface area contributed by atoms with Crippen LogP contribution in [0.5, 0.6) is 0 Å². The number of ether oxygens (including phenoxy) is 1. The first-order valence-electron chi connectivity index (χ1n) is 5.97. The normalized spacial score (nSPS) is 15.1. The average Bonchev–Trinajstić information content (AvgIpc) is 2.33. The molecule has 0 heterocycles.